The number of rotatable bonds is 11. The van der Waals surface area contributed by atoms with Gasteiger partial charge in [0.05, 0.1) is 0 Å². The van der Waals surface area contributed by atoms with Gasteiger partial charge in [0, 0.05) is 26.2 Å². The first-order chi connectivity index (χ1) is 11.7. The maximum atomic E-state index is 9.18. The Morgan fingerprint density at radius 3 is 2.40 bits per heavy atom. The smallest absolute Gasteiger partial charge is 0.191 e. The molecular formula is C19H41IN4O. The normalized spacial score (nSPS) is 17.8. The van der Waals surface area contributed by atoms with Crippen LogP contribution in [0.25, 0.3) is 0 Å². The fraction of sp³-hybridized carbons (Fsp3) is 0.947. The summed E-state index contributed by atoms with van der Waals surface area (Å²) < 4.78 is 0. The number of aliphatic imine (C=N–C) groups is 1. The van der Waals surface area contributed by atoms with Crippen molar-refractivity contribution < 1.29 is 5.11 Å². The standard InChI is InChI=1S/C19H40N4O.HI/c1-4-7-17(10-14-24)15-21-19(20-6-3)22-16-18-8-12-23(11-5-2)13-9-18;/h17-18,24H,4-16H2,1-3H3,(H2,20,21,22);1H. The molecule has 1 unspecified atom stereocenters. The summed E-state index contributed by atoms with van der Waals surface area (Å²) in [5, 5.41) is 16.1. The van der Waals surface area contributed by atoms with Gasteiger partial charge in [-0.1, -0.05) is 20.3 Å². The third-order valence-corrected chi connectivity index (χ3v) is 4.89. The minimum Gasteiger partial charge on any atom is -0.396 e. The van der Waals surface area contributed by atoms with Crippen molar-refractivity contribution in [2.24, 2.45) is 16.8 Å². The second kappa shape index (κ2) is 16.1. The van der Waals surface area contributed by atoms with E-state index in [1.54, 1.807) is 0 Å². The van der Waals surface area contributed by atoms with Crippen LogP contribution in [0.15, 0.2) is 4.99 Å². The lowest BCUT2D eigenvalue weighted by Gasteiger charge is -2.32. The van der Waals surface area contributed by atoms with E-state index in [9.17, 15) is 5.11 Å². The van der Waals surface area contributed by atoms with Gasteiger partial charge in [-0.05, 0) is 70.5 Å². The molecule has 1 aliphatic heterocycles. The number of likely N-dealkylation sites (tertiary alicyclic amines) is 1. The van der Waals surface area contributed by atoms with E-state index in [0.29, 0.717) is 5.92 Å². The van der Waals surface area contributed by atoms with Crippen molar-refractivity contribution in [3.63, 3.8) is 0 Å². The van der Waals surface area contributed by atoms with Crippen LogP contribution in [0, 0.1) is 11.8 Å². The SMILES string of the molecule is CCCC(CCO)CN=C(NCC)NCC1CCN(CCC)CC1.I. The van der Waals surface area contributed by atoms with Crippen molar-refractivity contribution >= 4 is 29.9 Å². The fourth-order valence-corrected chi connectivity index (χ4v) is 3.45. The van der Waals surface area contributed by atoms with Crippen LogP contribution in [-0.4, -0.2) is 61.8 Å². The predicted molar refractivity (Wildman–Crippen MR) is 119 cm³/mol. The molecule has 1 atom stereocenters. The van der Waals surface area contributed by atoms with Crippen molar-refractivity contribution in [1.82, 2.24) is 15.5 Å². The summed E-state index contributed by atoms with van der Waals surface area (Å²) in [6, 6.07) is 0. The highest BCUT2D eigenvalue weighted by atomic mass is 127. The maximum Gasteiger partial charge on any atom is 0.191 e. The largest absolute Gasteiger partial charge is 0.396 e. The molecule has 1 aliphatic rings. The lowest BCUT2D eigenvalue weighted by Crippen LogP contribution is -2.43. The number of nitrogens with zero attached hydrogens (tertiary/aromatic N) is 2. The second-order valence-corrected chi connectivity index (χ2v) is 7.05. The molecule has 5 nitrogen and oxygen atoms in total. The van der Waals surface area contributed by atoms with E-state index in [4.69, 9.17) is 4.99 Å². The van der Waals surface area contributed by atoms with E-state index in [2.05, 4.69) is 36.3 Å². The Balaban J connectivity index is 0.00000576. The molecule has 25 heavy (non-hydrogen) atoms. The number of aliphatic hydroxyl groups excluding tert-OH is 1. The highest BCUT2D eigenvalue weighted by Crippen LogP contribution is 2.16. The van der Waals surface area contributed by atoms with Crippen molar-refractivity contribution in [3.05, 3.63) is 0 Å². The highest BCUT2D eigenvalue weighted by Gasteiger charge is 2.18. The summed E-state index contributed by atoms with van der Waals surface area (Å²) in [5.74, 6) is 2.19. The van der Waals surface area contributed by atoms with E-state index in [-0.39, 0.29) is 30.6 Å². The fourth-order valence-electron chi connectivity index (χ4n) is 3.45. The van der Waals surface area contributed by atoms with Gasteiger partial charge in [0.15, 0.2) is 5.96 Å². The molecule has 0 radical (unpaired) electrons. The van der Waals surface area contributed by atoms with Crippen LogP contribution in [-0.2, 0) is 0 Å². The molecule has 0 aromatic heterocycles. The van der Waals surface area contributed by atoms with Crippen molar-refractivity contribution in [2.45, 2.75) is 59.3 Å². The Kier molecular flexibility index (Phi) is 16.1. The number of piperidine rings is 1. The maximum absolute atomic E-state index is 9.18. The van der Waals surface area contributed by atoms with Crippen LogP contribution in [0.4, 0.5) is 0 Å². The van der Waals surface area contributed by atoms with Crippen LogP contribution in [0.2, 0.25) is 0 Å². The first kappa shape index (κ1) is 24.9. The zero-order chi connectivity index (χ0) is 17.6. The third-order valence-electron chi connectivity index (χ3n) is 4.89. The molecule has 1 fully saturated rings. The molecule has 0 aromatic rings. The second-order valence-electron chi connectivity index (χ2n) is 7.05. The van der Waals surface area contributed by atoms with Gasteiger partial charge in [-0.15, -0.1) is 24.0 Å². The first-order valence-electron chi connectivity index (χ1n) is 10.1. The van der Waals surface area contributed by atoms with Gasteiger partial charge in [-0.3, -0.25) is 4.99 Å². The number of hydrogen-bond donors (Lipinski definition) is 3. The lowest BCUT2D eigenvalue weighted by atomic mass is 9.97. The molecule has 0 aliphatic carbocycles. The molecule has 0 aromatic carbocycles. The average Bonchev–Trinajstić information content (AvgIpc) is 2.59. The third kappa shape index (κ3) is 11.3. The zero-order valence-electron chi connectivity index (χ0n) is 16.6. The Hall–Kier alpha value is -0.0800. The summed E-state index contributed by atoms with van der Waals surface area (Å²) in [6.45, 7) is 13.3. The number of halogens is 1. The Labute approximate surface area is 172 Å². The van der Waals surface area contributed by atoms with E-state index in [0.717, 1.165) is 50.8 Å². The molecule has 6 heteroatoms. The summed E-state index contributed by atoms with van der Waals surface area (Å²) in [4.78, 5) is 7.34. The first-order valence-corrected chi connectivity index (χ1v) is 10.1. The van der Waals surface area contributed by atoms with Gasteiger partial charge >= 0.3 is 0 Å². The van der Waals surface area contributed by atoms with Gasteiger partial charge < -0.3 is 20.6 Å². The van der Waals surface area contributed by atoms with Crippen LogP contribution in [0.1, 0.15) is 59.3 Å². The van der Waals surface area contributed by atoms with E-state index in [1.165, 1.54) is 38.9 Å². The van der Waals surface area contributed by atoms with Crippen LogP contribution >= 0.6 is 24.0 Å². The minimum atomic E-state index is 0. The molecule has 3 N–H and O–H groups in total. The van der Waals surface area contributed by atoms with Gasteiger partial charge in [-0.25, -0.2) is 0 Å². The Morgan fingerprint density at radius 2 is 1.84 bits per heavy atom. The van der Waals surface area contributed by atoms with Crippen LogP contribution < -0.4 is 10.6 Å². The summed E-state index contributed by atoms with van der Waals surface area (Å²) in [7, 11) is 0. The number of aliphatic hydroxyl groups is 1. The van der Waals surface area contributed by atoms with Gasteiger partial charge in [0.1, 0.15) is 0 Å². The molecule has 0 amide bonds. The molecule has 1 rings (SSSR count). The van der Waals surface area contributed by atoms with Gasteiger partial charge in [0.2, 0.25) is 0 Å². The highest BCUT2D eigenvalue weighted by molar-refractivity contribution is 14.0. The number of nitrogens with one attached hydrogen (secondary N) is 2. The predicted octanol–water partition coefficient (Wildman–Crippen LogP) is 3.08. The lowest BCUT2D eigenvalue weighted by molar-refractivity contribution is 0.185. The quantitative estimate of drug-likeness (QED) is 0.248. The molecule has 150 valence electrons. The summed E-state index contributed by atoms with van der Waals surface area (Å²) in [5.41, 5.74) is 0. The number of guanidine groups is 1. The summed E-state index contributed by atoms with van der Waals surface area (Å²) in [6.07, 6.45) is 6.98. The molecule has 0 bridgehead atoms. The van der Waals surface area contributed by atoms with Crippen molar-refractivity contribution in [3.8, 4) is 0 Å². The molecular weight excluding hydrogens is 427 g/mol. The Morgan fingerprint density at radius 1 is 1.12 bits per heavy atom. The van der Waals surface area contributed by atoms with Crippen LogP contribution in [0.3, 0.4) is 0 Å². The van der Waals surface area contributed by atoms with E-state index < -0.39 is 0 Å². The van der Waals surface area contributed by atoms with Crippen LogP contribution in [0.5, 0.6) is 0 Å². The monoisotopic (exact) mass is 468 g/mol. The van der Waals surface area contributed by atoms with Gasteiger partial charge in [-0.2, -0.15) is 0 Å². The van der Waals surface area contributed by atoms with Crippen molar-refractivity contribution in [1.29, 1.82) is 0 Å². The zero-order valence-corrected chi connectivity index (χ0v) is 18.9. The van der Waals surface area contributed by atoms with E-state index in [1.807, 2.05) is 0 Å². The molecule has 1 saturated heterocycles. The van der Waals surface area contributed by atoms with Gasteiger partial charge in [0.25, 0.3) is 0 Å². The molecule has 1 heterocycles. The molecule has 0 spiro atoms. The van der Waals surface area contributed by atoms with Crippen molar-refractivity contribution in [2.75, 3.05) is 45.9 Å². The van der Waals surface area contributed by atoms with E-state index >= 15 is 0 Å². The topological polar surface area (TPSA) is 59.9 Å². The molecule has 0 saturated carbocycles. The summed E-state index contributed by atoms with van der Waals surface area (Å²) >= 11 is 0. The Bertz CT molecular complexity index is 327. The minimum absolute atomic E-state index is 0. The number of hydrogen-bond acceptors (Lipinski definition) is 3. The average molecular weight is 468 g/mol.